The summed E-state index contributed by atoms with van der Waals surface area (Å²) < 4.78 is 10.9. The first-order valence-electron chi connectivity index (χ1n) is 9.85. The molecular formula is C23H27NO5S. The Bertz CT molecular complexity index is 991. The smallest absolute Gasteiger partial charge is 0.295 e. The lowest BCUT2D eigenvalue weighted by Crippen LogP contribution is -2.32. The number of likely N-dealkylation sites (tertiary alicyclic amines) is 1. The first-order valence-corrected chi connectivity index (χ1v) is 10.7. The molecule has 30 heavy (non-hydrogen) atoms. The Balaban J connectivity index is 2.11. The minimum Gasteiger partial charge on any atom is -0.507 e. The molecule has 0 spiro atoms. The number of ketones is 1. The molecule has 1 aliphatic heterocycles. The summed E-state index contributed by atoms with van der Waals surface area (Å²) in [7, 11) is 1.55. The number of methoxy groups -OCH3 is 1. The van der Waals surface area contributed by atoms with Crippen LogP contribution in [0.15, 0.2) is 35.2 Å². The molecule has 7 heteroatoms. The van der Waals surface area contributed by atoms with Crippen LogP contribution < -0.4 is 4.74 Å². The maximum Gasteiger partial charge on any atom is 0.295 e. The van der Waals surface area contributed by atoms with E-state index in [4.69, 9.17) is 9.47 Å². The molecule has 0 saturated carbocycles. The van der Waals surface area contributed by atoms with Crippen molar-refractivity contribution in [2.24, 2.45) is 0 Å². The molecule has 1 aromatic heterocycles. The molecule has 6 nitrogen and oxygen atoms in total. The van der Waals surface area contributed by atoms with E-state index in [2.05, 4.69) is 0 Å². The van der Waals surface area contributed by atoms with Gasteiger partial charge in [0.2, 0.25) is 0 Å². The topological polar surface area (TPSA) is 76.1 Å². The van der Waals surface area contributed by atoms with E-state index >= 15 is 0 Å². The quantitative estimate of drug-likeness (QED) is 0.405. The number of hydrogen-bond donors (Lipinski definition) is 1. The summed E-state index contributed by atoms with van der Waals surface area (Å²) in [5, 5.41) is 13.0. The van der Waals surface area contributed by atoms with Crippen LogP contribution in [-0.4, -0.2) is 48.1 Å². The molecule has 1 fully saturated rings. The van der Waals surface area contributed by atoms with Gasteiger partial charge in [0.1, 0.15) is 11.5 Å². The Kier molecular flexibility index (Phi) is 6.63. The second-order valence-corrected chi connectivity index (χ2v) is 8.55. The summed E-state index contributed by atoms with van der Waals surface area (Å²) in [6.07, 6.45) is 0.0241. The second-order valence-electron chi connectivity index (χ2n) is 7.60. The van der Waals surface area contributed by atoms with Gasteiger partial charge in [0.05, 0.1) is 24.3 Å². The predicted octanol–water partition coefficient (Wildman–Crippen LogP) is 4.22. The third kappa shape index (κ3) is 4.13. The van der Waals surface area contributed by atoms with Gasteiger partial charge in [0, 0.05) is 24.1 Å². The molecule has 2 aromatic rings. The summed E-state index contributed by atoms with van der Waals surface area (Å²) in [5.41, 5.74) is 2.40. The maximum atomic E-state index is 12.9. The lowest BCUT2D eigenvalue weighted by Gasteiger charge is -2.24. The van der Waals surface area contributed by atoms with E-state index in [-0.39, 0.29) is 24.0 Å². The van der Waals surface area contributed by atoms with Gasteiger partial charge in [-0.3, -0.25) is 9.59 Å². The molecule has 0 bridgehead atoms. The Morgan fingerprint density at radius 1 is 1.20 bits per heavy atom. The van der Waals surface area contributed by atoms with Crippen LogP contribution in [0.2, 0.25) is 0 Å². The Morgan fingerprint density at radius 3 is 2.50 bits per heavy atom. The normalized spacial score (nSPS) is 18.5. The zero-order valence-corrected chi connectivity index (χ0v) is 18.7. The van der Waals surface area contributed by atoms with Gasteiger partial charge >= 0.3 is 0 Å². The van der Waals surface area contributed by atoms with E-state index in [1.807, 2.05) is 39.1 Å². The fourth-order valence-corrected chi connectivity index (χ4v) is 4.62. The van der Waals surface area contributed by atoms with Gasteiger partial charge < -0.3 is 19.5 Å². The number of ether oxygens (including phenoxy) is 2. The average molecular weight is 430 g/mol. The molecule has 1 N–H and O–H groups in total. The SMILES string of the molecule is COCCN1C(=O)C(=O)/C(=C(\O)c2ccc(OC(C)C)c(C)c2)C1c1sccc1C. The number of amides is 1. The number of carbonyl (C=O) groups excluding carboxylic acids is 2. The van der Waals surface area contributed by atoms with E-state index in [9.17, 15) is 14.7 Å². The molecule has 160 valence electrons. The summed E-state index contributed by atoms with van der Waals surface area (Å²) >= 11 is 1.46. The average Bonchev–Trinajstić information content (AvgIpc) is 3.22. The molecule has 1 aliphatic rings. The van der Waals surface area contributed by atoms with E-state index in [1.54, 1.807) is 25.3 Å². The number of hydrogen-bond acceptors (Lipinski definition) is 6. The van der Waals surface area contributed by atoms with Crippen LogP contribution >= 0.6 is 11.3 Å². The monoisotopic (exact) mass is 429 g/mol. The minimum atomic E-state index is -0.679. The number of Topliss-reactive ketones (excluding diaryl/α,β-unsaturated/α-hetero) is 1. The number of benzene rings is 1. The van der Waals surface area contributed by atoms with E-state index in [1.165, 1.54) is 16.2 Å². The number of aliphatic hydroxyl groups is 1. The third-order valence-electron chi connectivity index (χ3n) is 5.04. The summed E-state index contributed by atoms with van der Waals surface area (Å²) in [4.78, 5) is 28.1. The van der Waals surface area contributed by atoms with Gasteiger partial charge in [-0.15, -0.1) is 11.3 Å². The molecular weight excluding hydrogens is 402 g/mol. The fourth-order valence-electron chi connectivity index (χ4n) is 3.58. The first-order chi connectivity index (χ1) is 14.3. The van der Waals surface area contributed by atoms with Crippen molar-refractivity contribution in [3.05, 3.63) is 56.8 Å². The van der Waals surface area contributed by atoms with Gasteiger partial charge in [-0.05, 0) is 68.5 Å². The highest BCUT2D eigenvalue weighted by molar-refractivity contribution is 7.10. The lowest BCUT2D eigenvalue weighted by atomic mass is 9.97. The van der Waals surface area contributed by atoms with Crippen molar-refractivity contribution in [2.45, 2.75) is 39.8 Å². The van der Waals surface area contributed by atoms with Crippen LogP contribution in [0.5, 0.6) is 5.75 Å². The second kappa shape index (κ2) is 9.02. The van der Waals surface area contributed by atoms with Gasteiger partial charge in [-0.2, -0.15) is 0 Å². The molecule has 1 amide bonds. The number of thiophene rings is 1. The van der Waals surface area contributed by atoms with Crippen molar-refractivity contribution >= 4 is 28.8 Å². The Labute approximate surface area is 180 Å². The van der Waals surface area contributed by atoms with Crippen LogP contribution in [0.1, 0.15) is 41.5 Å². The molecule has 3 rings (SSSR count). The molecule has 0 aliphatic carbocycles. The van der Waals surface area contributed by atoms with E-state index < -0.39 is 17.7 Å². The number of carbonyl (C=O) groups is 2. The van der Waals surface area contributed by atoms with Crippen molar-refractivity contribution in [1.82, 2.24) is 4.90 Å². The standard InChI is InChI=1S/C23H27NO5S/c1-13(2)29-17-7-6-16(12-15(17)4)20(25)18-19(22-14(3)8-11-30-22)24(9-10-28-5)23(27)21(18)26/h6-8,11-13,19,25H,9-10H2,1-5H3/b20-18-. The molecule has 1 atom stereocenters. The zero-order valence-electron chi connectivity index (χ0n) is 17.9. The first kappa shape index (κ1) is 22.1. The van der Waals surface area contributed by atoms with Gasteiger partial charge in [0.25, 0.3) is 11.7 Å². The van der Waals surface area contributed by atoms with Crippen molar-refractivity contribution in [3.8, 4) is 5.75 Å². The Morgan fingerprint density at radius 2 is 1.93 bits per heavy atom. The highest BCUT2D eigenvalue weighted by Crippen LogP contribution is 2.42. The maximum absolute atomic E-state index is 12.9. The number of nitrogens with zero attached hydrogens (tertiary/aromatic N) is 1. The van der Waals surface area contributed by atoms with Gasteiger partial charge in [-0.25, -0.2) is 0 Å². The Hall–Kier alpha value is -2.64. The predicted molar refractivity (Wildman–Crippen MR) is 117 cm³/mol. The molecule has 0 radical (unpaired) electrons. The minimum absolute atomic E-state index is 0.0241. The fraction of sp³-hybridized carbons (Fsp3) is 0.391. The van der Waals surface area contributed by atoms with Gasteiger partial charge in [-0.1, -0.05) is 0 Å². The van der Waals surface area contributed by atoms with Gasteiger partial charge in [0.15, 0.2) is 0 Å². The van der Waals surface area contributed by atoms with Crippen molar-refractivity contribution in [2.75, 3.05) is 20.3 Å². The molecule has 1 unspecified atom stereocenters. The molecule has 2 heterocycles. The van der Waals surface area contributed by atoms with Crippen LogP contribution in [-0.2, 0) is 14.3 Å². The van der Waals surface area contributed by atoms with Crippen LogP contribution in [0.25, 0.3) is 5.76 Å². The largest absolute Gasteiger partial charge is 0.507 e. The number of aliphatic hydroxyl groups excluding tert-OH is 1. The zero-order chi connectivity index (χ0) is 22.0. The van der Waals surface area contributed by atoms with E-state index in [0.717, 1.165) is 16.0 Å². The summed E-state index contributed by atoms with van der Waals surface area (Å²) in [5.74, 6) is -0.762. The highest BCUT2D eigenvalue weighted by atomic mass is 32.1. The number of aryl methyl sites for hydroxylation is 2. The van der Waals surface area contributed by atoms with Crippen molar-refractivity contribution in [3.63, 3.8) is 0 Å². The summed E-state index contributed by atoms with van der Waals surface area (Å²) in [6.45, 7) is 8.27. The number of rotatable bonds is 7. The summed E-state index contributed by atoms with van der Waals surface area (Å²) in [6, 6.07) is 6.57. The van der Waals surface area contributed by atoms with Crippen molar-refractivity contribution in [1.29, 1.82) is 0 Å². The third-order valence-corrected chi connectivity index (χ3v) is 6.11. The van der Waals surface area contributed by atoms with Crippen LogP contribution in [0.3, 0.4) is 0 Å². The lowest BCUT2D eigenvalue weighted by molar-refractivity contribution is -0.140. The van der Waals surface area contributed by atoms with Crippen LogP contribution in [0.4, 0.5) is 0 Å². The van der Waals surface area contributed by atoms with E-state index in [0.29, 0.717) is 17.9 Å². The molecule has 1 aromatic carbocycles. The van der Waals surface area contributed by atoms with Crippen molar-refractivity contribution < 1.29 is 24.2 Å². The highest BCUT2D eigenvalue weighted by Gasteiger charge is 2.46. The molecule has 1 saturated heterocycles. The van der Waals surface area contributed by atoms with Crippen LogP contribution in [0, 0.1) is 13.8 Å².